The molecule has 2 fully saturated rings. The van der Waals surface area contributed by atoms with E-state index in [2.05, 4.69) is 27.0 Å². The highest BCUT2D eigenvalue weighted by molar-refractivity contribution is 5.80. The summed E-state index contributed by atoms with van der Waals surface area (Å²) in [6, 6.07) is 7.10. The van der Waals surface area contributed by atoms with E-state index in [9.17, 15) is 4.39 Å². The normalized spacial score (nSPS) is 26.6. The van der Waals surface area contributed by atoms with Crippen LogP contribution in [0, 0.1) is 5.82 Å². The Morgan fingerprint density at radius 1 is 1.32 bits per heavy atom. The van der Waals surface area contributed by atoms with Crippen molar-refractivity contribution >= 4 is 5.96 Å². The van der Waals surface area contributed by atoms with Gasteiger partial charge in [-0.2, -0.15) is 0 Å². The van der Waals surface area contributed by atoms with E-state index in [0.29, 0.717) is 12.6 Å². The first kappa shape index (κ1) is 21.0. The molecule has 2 heterocycles. The van der Waals surface area contributed by atoms with Gasteiger partial charge in [-0.3, -0.25) is 9.89 Å². The highest BCUT2D eigenvalue weighted by atomic mass is 19.1. The summed E-state index contributed by atoms with van der Waals surface area (Å²) >= 11 is 0. The molecule has 0 radical (unpaired) electrons. The molecule has 0 saturated carbocycles. The van der Waals surface area contributed by atoms with Crippen LogP contribution >= 0.6 is 0 Å². The Labute approximate surface area is 167 Å². The molecule has 0 aromatic heterocycles. The molecular formula is C21H33FN4O2. The third-order valence-electron chi connectivity index (χ3n) is 5.59. The third-order valence-corrected chi connectivity index (χ3v) is 5.59. The number of halogens is 1. The van der Waals surface area contributed by atoms with Crippen LogP contribution in [-0.4, -0.2) is 81.4 Å². The van der Waals surface area contributed by atoms with Crippen LogP contribution in [0.15, 0.2) is 29.3 Å². The average Bonchev–Trinajstić information content (AvgIpc) is 3.14. The SMILES string of the molecule is CN=C(NCC1CCCN1CCOC)N1CC(C)OC(c2ccc(F)cc2)C1. The molecule has 1 aromatic carbocycles. The minimum absolute atomic E-state index is 0.0760. The molecule has 2 aliphatic heterocycles. The van der Waals surface area contributed by atoms with Gasteiger partial charge in [0.2, 0.25) is 0 Å². The second-order valence-corrected chi connectivity index (χ2v) is 7.64. The minimum atomic E-state index is -0.225. The third kappa shape index (κ3) is 5.43. The number of methoxy groups -OCH3 is 1. The highest BCUT2D eigenvalue weighted by Gasteiger charge is 2.29. The zero-order valence-electron chi connectivity index (χ0n) is 17.2. The number of benzene rings is 1. The van der Waals surface area contributed by atoms with Gasteiger partial charge in [0, 0.05) is 39.8 Å². The Kier molecular flexibility index (Phi) is 7.65. The predicted octanol–water partition coefficient (Wildman–Crippen LogP) is 2.27. The van der Waals surface area contributed by atoms with E-state index >= 15 is 0 Å². The summed E-state index contributed by atoms with van der Waals surface area (Å²) in [5, 5.41) is 3.57. The van der Waals surface area contributed by atoms with Crippen molar-refractivity contribution in [3.8, 4) is 0 Å². The largest absolute Gasteiger partial charge is 0.383 e. The van der Waals surface area contributed by atoms with Gasteiger partial charge in [-0.15, -0.1) is 0 Å². The monoisotopic (exact) mass is 392 g/mol. The van der Waals surface area contributed by atoms with Gasteiger partial charge in [-0.1, -0.05) is 12.1 Å². The summed E-state index contributed by atoms with van der Waals surface area (Å²) in [6.45, 7) is 7.32. The fraction of sp³-hybridized carbons (Fsp3) is 0.667. The molecule has 0 spiro atoms. The first-order chi connectivity index (χ1) is 13.6. The quantitative estimate of drug-likeness (QED) is 0.595. The molecule has 3 atom stereocenters. The smallest absolute Gasteiger partial charge is 0.193 e. The molecule has 6 nitrogen and oxygen atoms in total. The van der Waals surface area contributed by atoms with Gasteiger partial charge in [0.05, 0.1) is 19.3 Å². The van der Waals surface area contributed by atoms with Crippen molar-refractivity contribution in [2.24, 2.45) is 4.99 Å². The van der Waals surface area contributed by atoms with E-state index in [4.69, 9.17) is 9.47 Å². The molecule has 3 unspecified atom stereocenters. The molecule has 2 saturated heterocycles. The number of nitrogens with one attached hydrogen (secondary N) is 1. The fourth-order valence-electron chi connectivity index (χ4n) is 4.16. The van der Waals surface area contributed by atoms with Crippen molar-refractivity contribution in [3.63, 3.8) is 0 Å². The summed E-state index contributed by atoms with van der Waals surface area (Å²) in [5.41, 5.74) is 0.995. The van der Waals surface area contributed by atoms with Crippen LogP contribution < -0.4 is 5.32 Å². The number of hydrogen-bond donors (Lipinski definition) is 1. The highest BCUT2D eigenvalue weighted by Crippen LogP contribution is 2.25. The van der Waals surface area contributed by atoms with Crippen molar-refractivity contribution < 1.29 is 13.9 Å². The second-order valence-electron chi connectivity index (χ2n) is 7.64. The zero-order valence-corrected chi connectivity index (χ0v) is 17.2. The van der Waals surface area contributed by atoms with Gasteiger partial charge in [0.15, 0.2) is 5.96 Å². The Hall–Kier alpha value is -1.70. The molecule has 1 aromatic rings. The Morgan fingerprint density at radius 2 is 2.11 bits per heavy atom. The molecule has 7 heteroatoms. The van der Waals surface area contributed by atoms with Crippen molar-refractivity contribution in [1.82, 2.24) is 15.1 Å². The lowest BCUT2D eigenvalue weighted by Crippen LogP contribution is -2.52. The van der Waals surface area contributed by atoms with Crippen molar-refractivity contribution in [2.45, 2.75) is 38.0 Å². The number of ether oxygens (including phenoxy) is 2. The molecule has 0 amide bonds. The van der Waals surface area contributed by atoms with E-state index in [1.807, 2.05) is 7.05 Å². The summed E-state index contributed by atoms with van der Waals surface area (Å²) in [4.78, 5) is 9.25. The summed E-state index contributed by atoms with van der Waals surface area (Å²) in [5.74, 6) is 0.678. The standard InChI is InChI=1S/C21H33FN4O2/c1-16-14-26(15-20(28-16)17-6-8-18(22)9-7-17)21(23-2)24-13-19-5-4-10-25(19)11-12-27-3/h6-9,16,19-20H,4-5,10-15H2,1-3H3,(H,23,24). The van der Waals surface area contributed by atoms with Crippen LogP contribution in [0.2, 0.25) is 0 Å². The van der Waals surface area contributed by atoms with E-state index in [-0.39, 0.29) is 18.0 Å². The number of morpholine rings is 1. The Bertz CT molecular complexity index is 640. The molecule has 0 bridgehead atoms. The van der Waals surface area contributed by atoms with Crippen LogP contribution in [0.1, 0.15) is 31.4 Å². The van der Waals surface area contributed by atoms with Gasteiger partial charge in [0.25, 0.3) is 0 Å². The van der Waals surface area contributed by atoms with Crippen molar-refractivity contribution in [1.29, 1.82) is 0 Å². The first-order valence-electron chi connectivity index (χ1n) is 10.2. The van der Waals surface area contributed by atoms with Crippen molar-refractivity contribution in [2.75, 3.05) is 53.5 Å². The average molecular weight is 393 g/mol. The maximum Gasteiger partial charge on any atom is 0.193 e. The fourth-order valence-corrected chi connectivity index (χ4v) is 4.16. The van der Waals surface area contributed by atoms with Gasteiger partial charge in [-0.05, 0) is 44.0 Å². The number of guanidine groups is 1. The van der Waals surface area contributed by atoms with E-state index in [1.165, 1.54) is 25.0 Å². The molecule has 156 valence electrons. The molecule has 3 rings (SSSR count). The Morgan fingerprint density at radius 3 is 2.82 bits per heavy atom. The minimum Gasteiger partial charge on any atom is -0.383 e. The van der Waals surface area contributed by atoms with Crippen LogP contribution in [0.3, 0.4) is 0 Å². The summed E-state index contributed by atoms with van der Waals surface area (Å²) < 4.78 is 24.6. The van der Waals surface area contributed by atoms with E-state index < -0.39 is 0 Å². The topological polar surface area (TPSA) is 49.3 Å². The zero-order chi connectivity index (χ0) is 19.9. The van der Waals surface area contributed by atoms with Gasteiger partial charge in [-0.25, -0.2) is 4.39 Å². The molecule has 0 aliphatic carbocycles. The number of aliphatic imine (C=N–C) groups is 1. The maximum atomic E-state index is 13.3. The number of nitrogens with zero attached hydrogens (tertiary/aromatic N) is 3. The van der Waals surface area contributed by atoms with Gasteiger partial charge >= 0.3 is 0 Å². The number of hydrogen-bond acceptors (Lipinski definition) is 4. The lowest BCUT2D eigenvalue weighted by molar-refractivity contribution is -0.0605. The maximum absolute atomic E-state index is 13.3. The van der Waals surface area contributed by atoms with E-state index in [0.717, 1.165) is 44.3 Å². The molecular weight excluding hydrogens is 359 g/mol. The molecule has 28 heavy (non-hydrogen) atoms. The second kappa shape index (κ2) is 10.2. The van der Waals surface area contributed by atoms with Crippen LogP contribution in [0.5, 0.6) is 0 Å². The number of likely N-dealkylation sites (tertiary alicyclic amines) is 1. The van der Waals surface area contributed by atoms with Gasteiger partial charge in [0.1, 0.15) is 11.9 Å². The van der Waals surface area contributed by atoms with Crippen molar-refractivity contribution in [3.05, 3.63) is 35.6 Å². The van der Waals surface area contributed by atoms with E-state index in [1.54, 1.807) is 19.2 Å². The first-order valence-corrected chi connectivity index (χ1v) is 10.2. The molecule has 1 N–H and O–H groups in total. The molecule has 2 aliphatic rings. The Balaban J connectivity index is 1.59. The lowest BCUT2D eigenvalue weighted by Gasteiger charge is -2.39. The number of rotatable bonds is 6. The predicted molar refractivity (Wildman–Crippen MR) is 109 cm³/mol. The van der Waals surface area contributed by atoms with Crippen LogP contribution in [0.25, 0.3) is 0 Å². The van der Waals surface area contributed by atoms with Gasteiger partial charge < -0.3 is 19.7 Å². The lowest BCUT2D eigenvalue weighted by atomic mass is 10.1. The summed E-state index contributed by atoms with van der Waals surface area (Å²) in [6.07, 6.45) is 2.42. The van der Waals surface area contributed by atoms with Crippen LogP contribution in [0.4, 0.5) is 4.39 Å². The summed E-state index contributed by atoms with van der Waals surface area (Å²) in [7, 11) is 3.58. The van der Waals surface area contributed by atoms with Crippen LogP contribution in [-0.2, 0) is 9.47 Å².